The summed E-state index contributed by atoms with van der Waals surface area (Å²) in [5, 5.41) is 3.17. The molecule has 1 aromatic heterocycles. The molecule has 0 saturated heterocycles. The maximum atomic E-state index is 5.39. The van der Waals surface area contributed by atoms with Crippen molar-refractivity contribution >= 4 is 17.2 Å². The highest BCUT2D eigenvalue weighted by atomic mass is 32.1. The zero-order chi connectivity index (χ0) is 10.9. The van der Waals surface area contributed by atoms with Crippen molar-refractivity contribution in [2.24, 2.45) is 5.73 Å². The highest BCUT2D eigenvalue weighted by Gasteiger charge is 1.96. The van der Waals surface area contributed by atoms with Crippen molar-refractivity contribution in [3.63, 3.8) is 0 Å². The molecule has 4 nitrogen and oxygen atoms in total. The molecular formula is C10H16N4S. The maximum absolute atomic E-state index is 5.39. The third-order valence-electron chi connectivity index (χ3n) is 1.93. The van der Waals surface area contributed by atoms with Crippen LogP contribution in [0.3, 0.4) is 0 Å². The largest absolute Gasteiger partial charge is 0.379 e. The molecule has 0 radical (unpaired) electrons. The average Bonchev–Trinajstić information content (AvgIpc) is 2.28. The Kier molecular flexibility index (Phi) is 5.80. The lowest BCUT2D eigenvalue weighted by atomic mass is 10.3. The molecule has 1 aromatic rings. The number of nitrogens with two attached hydrogens (primary N) is 1. The molecule has 0 atom stereocenters. The molecule has 0 fully saturated rings. The lowest BCUT2D eigenvalue weighted by Crippen LogP contribution is -2.24. The highest BCUT2D eigenvalue weighted by Crippen LogP contribution is 1.92. The minimum absolute atomic E-state index is 0.686. The summed E-state index contributed by atoms with van der Waals surface area (Å²) in [5.41, 5.74) is 6.37. The molecule has 1 heterocycles. The molecule has 82 valence electrons. The maximum Gasteiger partial charge on any atom is 0.0753 e. The first-order valence-corrected chi connectivity index (χ1v) is 5.45. The normalized spacial score (nSPS) is 9.93. The van der Waals surface area contributed by atoms with Gasteiger partial charge in [-0.3, -0.25) is 9.97 Å². The van der Waals surface area contributed by atoms with Gasteiger partial charge in [0, 0.05) is 31.6 Å². The lowest BCUT2D eigenvalue weighted by Gasteiger charge is -2.06. The number of thiocarbonyl (C=S) groups is 1. The quantitative estimate of drug-likeness (QED) is 0.696. The van der Waals surface area contributed by atoms with Crippen molar-refractivity contribution in [3.05, 3.63) is 24.3 Å². The summed E-state index contributed by atoms with van der Waals surface area (Å²) in [7, 11) is 0. The molecule has 0 amide bonds. The van der Waals surface area contributed by atoms with Gasteiger partial charge < -0.3 is 11.1 Å². The van der Waals surface area contributed by atoms with E-state index in [1.807, 2.05) is 0 Å². The molecule has 3 N–H and O–H groups in total. The van der Waals surface area contributed by atoms with Gasteiger partial charge in [-0.25, -0.2) is 0 Å². The summed E-state index contributed by atoms with van der Waals surface area (Å²) in [5.74, 6) is 0. The zero-order valence-corrected chi connectivity index (χ0v) is 9.46. The Labute approximate surface area is 95.3 Å². The second-order valence-electron chi connectivity index (χ2n) is 3.19. The Morgan fingerprint density at radius 3 is 3.00 bits per heavy atom. The Bertz CT molecular complexity index is 289. The first-order valence-electron chi connectivity index (χ1n) is 5.04. The Morgan fingerprint density at radius 1 is 1.47 bits per heavy atom. The highest BCUT2D eigenvalue weighted by molar-refractivity contribution is 7.80. The SMILES string of the molecule is NCCCC(=S)NCCc1cnccn1. The van der Waals surface area contributed by atoms with Crippen molar-refractivity contribution in [1.82, 2.24) is 15.3 Å². The van der Waals surface area contributed by atoms with Gasteiger partial charge in [-0.2, -0.15) is 0 Å². The van der Waals surface area contributed by atoms with Crippen molar-refractivity contribution in [2.45, 2.75) is 19.3 Å². The van der Waals surface area contributed by atoms with E-state index in [0.29, 0.717) is 6.54 Å². The van der Waals surface area contributed by atoms with Gasteiger partial charge in [0.2, 0.25) is 0 Å². The number of aromatic nitrogens is 2. The Balaban J connectivity index is 2.14. The molecule has 5 heteroatoms. The van der Waals surface area contributed by atoms with Crippen LogP contribution in [0.25, 0.3) is 0 Å². The summed E-state index contributed by atoms with van der Waals surface area (Å²) in [6.07, 6.45) is 7.79. The summed E-state index contributed by atoms with van der Waals surface area (Å²) in [6, 6.07) is 0. The van der Waals surface area contributed by atoms with Crippen molar-refractivity contribution in [2.75, 3.05) is 13.1 Å². The van der Waals surface area contributed by atoms with Crippen LogP contribution in [0.1, 0.15) is 18.5 Å². The van der Waals surface area contributed by atoms with E-state index in [2.05, 4.69) is 15.3 Å². The van der Waals surface area contributed by atoms with Gasteiger partial charge in [0.15, 0.2) is 0 Å². The average molecular weight is 224 g/mol. The van der Waals surface area contributed by atoms with E-state index in [9.17, 15) is 0 Å². The van der Waals surface area contributed by atoms with Gasteiger partial charge in [-0.1, -0.05) is 12.2 Å². The van der Waals surface area contributed by atoms with Crippen LogP contribution in [0.5, 0.6) is 0 Å². The summed E-state index contributed by atoms with van der Waals surface area (Å²) >= 11 is 5.13. The van der Waals surface area contributed by atoms with Crippen molar-refractivity contribution < 1.29 is 0 Å². The van der Waals surface area contributed by atoms with E-state index in [-0.39, 0.29) is 0 Å². The number of hydrogen-bond donors (Lipinski definition) is 2. The van der Waals surface area contributed by atoms with E-state index in [0.717, 1.165) is 36.5 Å². The smallest absolute Gasteiger partial charge is 0.0753 e. The molecule has 1 rings (SSSR count). The van der Waals surface area contributed by atoms with Gasteiger partial charge in [-0.15, -0.1) is 0 Å². The fraction of sp³-hybridized carbons (Fsp3) is 0.500. The van der Waals surface area contributed by atoms with Gasteiger partial charge in [0.25, 0.3) is 0 Å². The zero-order valence-electron chi connectivity index (χ0n) is 8.65. The molecule has 15 heavy (non-hydrogen) atoms. The molecule has 0 aliphatic rings. The van der Waals surface area contributed by atoms with Crippen LogP contribution in [-0.2, 0) is 6.42 Å². The van der Waals surface area contributed by atoms with Crippen LogP contribution < -0.4 is 11.1 Å². The Morgan fingerprint density at radius 2 is 2.33 bits per heavy atom. The van der Waals surface area contributed by atoms with Gasteiger partial charge in [0.1, 0.15) is 0 Å². The van der Waals surface area contributed by atoms with Crippen molar-refractivity contribution in [3.8, 4) is 0 Å². The molecule has 0 spiro atoms. The summed E-state index contributed by atoms with van der Waals surface area (Å²) in [4.78, 5) is 9.04. The lowest BCUT2D eigenvalue weighted by molar-refractivity contribution is 0.805. The summed E-state index contributed by atoms with van der Waals surface area (Å²) < 4.78 is 0. The fourth-order valence-electron chi connectivity index (χ4n) is 1.14. The molecule has 0 bridgehead atoms. The number of nitrogens with zero attached hydrogens (tertiary/aromatic N) is 2. The van der Waals surface area contributed by atoms with Gasteiger partial charge in [-0.05, 0) is 19.4 Å². The summed E-state index contributed by atoms with van der Waals surface area (Å²) in [6.45, 7) is 1.49. The van der Waals surface area contributed by atoms with Crippen LogP contribution in [0.15, 0.2) is 18.6 Å². The van der Waals surface area contributed by atoms with Gasteiger partial charge >= 0.3 is 0 Å². The van der Waals surface area contributed by atoms with Crippen LogP contribution in [0, 0.1) is 0 Å². The minimum atomic E-state index is 0.686. The predicted molar refractivity (Wildman–Crippen MR) is 64.6 cm³/mol. The van der Waals surface area contributed by atoms with E-state index in [1.54, 1.807) is 18.6 Å². The predicted octanol–water partition coefficient (Wildman–Crippen LogP) is 0.675. The number of hydrogen-bond acceptors (Lipinski definition) is 4. The second kappa shape index (κ2) is 7.25. The number of nitrogens with one attached hydrogen (secondary N) is 1. The molecule has 0 unspecified atom stereocenters. The van der Waals surface area contributed by atoms with Crippen LogP contribution in [0.4, 0.5) is 0 Å². The second-order valence-corrected chi connectivity index (χ2v) is 3.68. The third-order valence-corrected chi connectivity index (χ3v) is 2.28. The first kappa shape index (κ1) is 12.0. The van der Waals surface area contributed by atoms with Crippen LogP contribution in [-0.4, -0.2) is 28.0 Å². The molecule has 0 aliphatic carbocycles. The van der Waals surface area contributed by atoms with Crippen LogP contribution in [0.2, 0.25) is 0 Å². The molecule has 0 aromatic carbocycles. The Hall–Kier alpha value is -1.07. The molecular weight excluding hydrogens is 208 g/mol. The topological polar surface area (TPSA) is 63.8 Å². The van der Waals surface area contributed by atoms with Crippen LogP contribution >= 0.6 is 12.2 Å². The standard InChI is InChI=1S/C10H16N4S/c11-4-1-2-10(15)14-5-3-9-8-12-6-7-13-9/h6-8H,1-5,11H2,(H,14,15). The van der Waals surface area contributed by atoms with Gasteiger partial charge in [0.05, 0.1) is 10.7 Å². The van der Waals surface area contributed by atoms with E-state index < -0.39 is 0 Å². The minimum Gasteiger partial charge on any atom is -0.379 e. The first-order chi connectivity index (χ1) is 7.33. The van der Waals surface area contributed by atoms with E-state index in [4.69, 9.17) is 18.0 Å². The third kappa shape index (κ3) is 5.39. The van der Waals surface area contributed by atoms with E-state index >= 15 is 0 Å². The van der Waals surface area contributed by atoms with E-state index in [1.165, 1.54) is 0 Å². The fourth-order valence-corrected chi connectivity index (χ4v) is 1.39. The molecule has 0 aliphatic heterocycles. The van der Waals surface area contributed by atoms with Crippen molar-refractivity contribution in [1.29, 1.82) is 0 Å². The number of rotatable bonds is 6. The molecule has 0 saturated carbocycles. The monoisotopic (exact) mass is 224 g/mol.